The molecular weight excluding hydrogens is 339 g/mol. The maximum Gasteiger partial charge on any atom is 0.237 e. The number of amides is 1. The van der Waals surface area contributed by atoms with Crippen molar-refractivity contribution in [2.75, 3.05) is 7.05 Å². The van der Waals surface area contributed by atoms with Gasteiger partial charge in [0.2, 0.25) is 5.91 Å². The van der Waals surface area contributed by atoms with Crippen LogP contribution in [0.1, 0.15) is 31.0 Å². The van der Waals surface area contributed by atoms with Gasteiger partial charge in [0.15, 0.2) is 0 Å². The molecular formula is C23H25FN2O. The van der Waals surface area contributed by atoms with E-state index in [1.54, 1.807) is 12.1 Å². The molecule has 0 fully saturated rings. The number of nitrogens with one attached hydrogen (secondary N) is 1. The van der Waals surface area contributed by atoms with Gasteiger partial charge in [0, 0.05) is 6.54 Å². The van der Waals surface area contributed by atoms with E-state index < -0.39 is 0 Å². The predicted octanol–water partition coefficient (Wildman–Crippen LogP) is 4.68. The lowest BCUT2D eigenvalue weighted by atomic mass is 10.1. The van der Waals surface area contributed by atoms with Gasteiger partial charge in [-0.2, -0.15) is 0 Å². The zero-order chi connectivity index (χ0) is 19.4. The van der Waals surface area contributed by atoms with Crippen LogP contribution in [-0.2, 0) is 11.3 Å². The van der Waals surface area contributed by atoms with Crippen molar-refractivity contribution in [2.24, 2.45) is 0 Å². The minimum Gasteiger partial charge on any atom is -0.348 e. The van der Waals surface area contributed by atoms with E-state index in [0.717, 1.165) is 5.56 Å². The second-order valence-corrected chi connectivity index (χ2v) is 7.05. The molecule has 0 spiro atoms. The van der Waals surface area contributed by atoms with E-state index in [4.69, 9.17) is 0 Å². The van der Waals surface area contributed by atoms with Crippen molar-refractivity contribution in [3.63, 3.8) is 0 Å². The molecule has 0 aromatic heterocycles. The normalized spacial score (nSPS) is 13.5. The van der Waals surface area contributed by atoms with Crippen molar-refractivity contribution in [2.45, 2.75) is 32.5 Å². The third-order valence-electron chi connectivity index (χ3n) is 5.02. The zero-order valence-electron chi connectivity index (χ0n) is 15.9. The molecule has 0 heterocycles. The van der Waals surface area contributed by atoms with E-state index in [-0.39, 0.29) is 23.8 Å². The minimum absolute atomic E-state index is 0.0462. The Morgan fingerprint density at radius 3 is 2.37 bits per heavy atom. The monoisotopic (exact) mass is 364 g/mol. The van der Waals surface area contributed by atoms with Crippen molar-refractivity contribution in [3.8, 4) is 0 Å². The topological polar surface area (TPSA) is 32.3 Å². The molecule has 0 unspecified atom stereocenters. The van der Waals surface area contributed by atoms with E-state index in [9.17, 15) is 9.18 Å². The molecule has 1 N–H and O–H groups in total. The average Bonchev–Trinajstić information content (AvgIpc) is 2.67. The molecule has 4 heteroatoms. The lowest BCUT2D eigenvalue weighted by Gasteiger charge is -2.26. The summed E-state index contributed by atoms with van der Waals surface area (Å²) in [5.41, 5.74) is 2.05. The molecule has 3 rings (SSSR count). The van der Waals surface area contributed by atoms with Gasteiger partial charge >= 0.3 is 0 Å². The highest BCUT2D eigenvalue weighted by Crippen LogP contribution is 2.18. The maximum absolute atomic E-state index is 13.1. The molecule has 3 nitrogen and oxygen atoms in total. The molecule has 3 aromatic carbocycles. The zero-order valence-corrected chi connectivity index (χ0v) is 15.9. The van der Waals surface area contributed by atoms with Crippen molar-refractivity contribution in [1.29, 1.82) is 0 Å². The smallest absolute Gasteiger partial charge is 0.237 e. The first-order valence-corrected chi connectivity index (χ1v) is 9.18. The summed E-state index contributed by atoms with van der Waals surface area (Å²) < 4.78 is 13.1. The number of benzene rings is 3. The van der Waals surface area contributed by atoms with Gasteiger partial charge in [-0.3, -0.25) is 9.69 Å². The van der Waals surface area contributed by atoms with Crippen LogP contribution in [0.15, 0.2) is 66.7 Å². The fourth-order valence-electron chi connectivity index (χ4n) is 3.13. The standard InChI is InChI=1S/C23H25FN2O/c1-16(19-10-12-22(24)13-11-19)25-23(27)17(2)26(3)15-18-8-9-20-6-4-5-7-21(20)14-18/h4-14,16-17H,15H2,1-3H3,(H,25,27)/t16-,17+/m1/s1. The van der Waals surface area contributed by atoms with Gasteiger partial charge in [-0.15, -0.1) is 0 Å². The molecule has 2 atom stereocenters. The van der Waals surface area contributed by atoms with Crippen LogP contribution < -0.4 is 5.32 Å². The lowest BCUT2D eigenvalue weighted by molar-refractivity contribution is -0.126. The summed E-state index contributed by atoms with van der Waals surface area (Å²) in [5, 5.41) is 5.42. The third-order valence-corrected chi connectivity index (χ3v) is 5.02. The second kappa shape index (κ2) is 8.31. The Bertz CT molecular complexity index is 923. The number of halogens is 1. The van der Waals surface area contributed by atoms with Crippen LogP contribution in [0.5, 0.6) is 0 Å². The summed E-state index contributed by atoms with van der Waals surface area (Å²) in [4.78, 5) is 14.6. The van der Waals surface area contributed by atoms with Gasteiger partial charge in [0.05, 0.1) is 12.1 Å². The van der Waals surface area contributed by atoms with E-state index in [0.29, 0.717) is 6.54 Å². The molecule has 0 bridgehead atoms. The summed E-state index contributed by atoms with van der Waals surface area (Å²) in [6, 6.07) is 20.4. The molecule has 0 radical (unpaired) electrons. The number of carbonyl (C=O) groups excluding carboxylic acids is 1. The van der Waals surface area contributed by atoms with E-state index in [1.807, 2.05) is 37.9 Å². The van der Waals surface area contributed by atoms with E-state index in [2.05, 4.69) is 35.6 Å². The van der Waals surface area contributed by atoms with Crippen molar-refractivity contribution in [1.82, 2.24) is 10.2 Å². The number of fused-ring (bicyclic) bond motifs is 1. The van der Waals surface area contributed by atoms with Crippen molar-refractivity contribution >= 4 is 16.7 Å². The highest BCUT2D eigenvalue weighted by molar-refractivity contribution is 5.83. The number of hydrogen-bond donors (Lipinski definition) is 1. The first-order chi connectivity index (χ1) is 12.9. The highest BCUT2D eigenvalue weighted by Gasteiger charge is 2.20. The SMILES string of the molecule is C[C@@H](NC(=O)[C@H](C)N(C)Cc1ccc2ccccc2c1)c1ccc(F)cc1. The number of likely N-dealkylation sites (N-methyl/N-ethyl adjacent to an activating group) is 1. The third kappa shape index (κ3) is 4.72. The van der Waals surface area contributed by atoms with Crippen LogP contribution in [-0.4, -0.2) is 23.9 Å². The van der Waals surface area contributed by atoms with Crippen LogP contribution in [0.4, 0.5) is 4.39 Å². The Morgan fingerprint density at radius 1 is 1.00 bits per heavy atom. The van der Waals surface area contributed by atoms with Crippen LogP contribution in [0, 0.1) is 5.82 Å². The Morgan fingerprint density at radius 2 is 1.67 bits per heavy atom. The Balaban J connectivity index is 1.62. The Hall–Kier alpha value is -2.72. The summed E-state index contributed by atoms with van der Waals surface area (Å²) in [5.74, 6) is -0.323. The van der Waals surface area contributed by atoms with Gasteiger partial charge in [0.1, 0.15) is 5.82 Å². The molecule has 0 aliphatic carbocycles. The largest absolute Gasteiger partial charge is 0.348 e. The molecule has 0 saturated heterocycles. The van der Waals surface area contributed by atoms with Gasteiger partial charge in [-0.05, 0) is 61.0 Å². The number of carbonyl (C=O) groups is 1. The first-order valence-electron chi connectivity index (χ1n) is 9.18. The van der Waals surface area contributed by atoms with E-state index in [1.165, 1.54) is 28.5 Å². The van der Waals surface area contributed by atoms with Crippen LogP contribution in [0.2, 0.25) is 0 Å². The fourth-order valence-corrected chi connectivity index (χ4v) is 3.13. The lowest BCUT2D eigenvalue weighted by Crippen LogP contribution is -2.43. The maximum atomic E-state index is 13.1. The molecule has 1 amide bonds. The van der Waals surface area contributed by atoms with Gasteiger partial charge in [-0.1, -0.05) is 48.5 Å². The predicted molar refractivity (Wildman–Crippen MR) is 108 cm³/mol. The number of rotatable bonds is 6. The van der Waals surface area contributed by atoms with Crippen LogP contribution >= 0.6 is 0 Å². The molecule has 0 aliphatic heterocycles. The van der Waals surface area contributed by atoms with E-state index >= 15 is 0 Å². The summed E-state index contributed by atoms with van der Waals surface area (Å²) in [7, 11) is 1.95. The number of nitrogens with zero attached hydrogens (tertiary/aromatic N) is 1. The summed E-state index contributed by atoms with van der Waals surface area (Å²) >= 11 is 0. The quantitative estimate of drug-likeness (QED) is 0.689. The highest BCUT2D eigenvalue weighted by atomic mass is 19.1. The summed E-state index contributed by atoms with van der Waals surface area (Å²) in [6.07, 6.45) is 0. The average molecular weight is 364 g/mol. The van der Waals surface area contributed by atoms with Gasteiger partial charge < -0.3 is 5.32 Å². The Kier molecular flexibility index (Phi) is 5.87. The molecule has 0 aliphatic rings. The molecule has 0 saturated carbocycles. The molecule has 3 aromatic rings. The van der Waals surface area contributed by atoms with Crippen LogP contribution in [0.3, 0.4) is 0 Å². The molecule has 140 valence electrons. The van der Waals surface area contributed by atoms with Crippen LogP contribution in [0.25, 0.3) is 10.8 Å². The Labute approximate surface area is 159 Å². The van der Waals surface area contributed by atoms with Crippen molar-refractivity contribution in [3.05, 3.63) is 83.7 Å². The van der Waals surface area contributed by atoms with Gasteiger partial charge in [-0.25, -0.2) is 4.39 Å². The summed E-state index contributed by atoms with van der Waals surface area (Å²) in [6.45, 7) is 4.49. The van der Waals surface area contributed by atoms with Crippen molar-refractivity contribution < 1.29 is 9.18 Å². The fraction of sp³-hybridized carbons (Fsp3) is 0.261. The second-order valence-electron chi connectivity index (χ2n) is 7.05. The minimum atomic E-state index is -0.278. The van der Waals surface area contributed by atoms with Gasteiger partial charge in [0.25, 0.3) is 0 Å². The first kappa shape index (κ1) is 19.1. The number of hydrogen-bond acceptors (Lipinski definition) is 2. The molecule has 27 heavy (non-hydrogen) atoms.